The van der Waals surface area contributed by atoms with E-state index < -0.39 is 11.4 Å². The second-order valence-electron chi connectivity index (χ2n) is 7.89. The Balaban J connectivity index is 2.05. The Morgan fingerprint density at radius 1 is 1.12 bits per heavy atom. The van der Waals surface area contributed by atoms with E-state index in [0.717, 1.165) is 12.8 Å². The molecule has 4 rings (SSSR count). The van der Waals surface area contributed by atoms with Crippen LogP contribution in [-0.4, -0.2) is 5.97 Å². The van der Waals surface area contributed by atoms with Gasteiger partial charge in [0.05, 0.1) is 0 Å². The first kappa shape index (κ1) is 11.6. The molecule has 4 bridgehead atoms. The van der Waals surface area contributed by atoms with E-state index in [1.165, 1.54) is 19.3 Å². The fourth-order valence-electron chi connectivity index (χ4n) is 5.87. The zero-order valence-electron chi connectivity index (χ0n) is 11.2. The Kier molecular flexibility index (Phi) is 2.22. The number of carbonyl (C=O) groups excluding carboxylic acids is 1. The molecule has 4 aliphatic carbocycles. The van der Waals surface area contributed by atoms with Gasteiger partial charge in [-0.1, -0.05) is 20.8 Å². The Morgan fingerprint density at radius 3 is 2.06 bits per heavy atom. The van der Waals surface area contributed by atoms with Crippen molar-refractivity contribution in [2.24, 2.45) is 34.5 Å². The van der Waals surface area contributed by atoms with Gasteiger partial charge in [0.25, 0.3) is 0 Å². The molecule has 0 radical (unpaired) electrons. The normalized spacial score (nSPS) is 48.4. The van der Waals surface area contributed by atoms with Gasteiger partial charge in [0.2, 0.25) is 0 Å². The molecule has 0 N–H and O–H groups in total. The van der Waals surface area contributed by atoms with Crippen LogP contribution in [0.2, 0.25) is 0 Å². The van der Waals surface area contributed by atoms with Gasteiger partial charge in [-0.2, -0.15) is 0 Å². The molecule has 0 aliphatic heterocycles. The summed E-state index contributed by atoms with van der Waals surface area (Å²) in [6.45, 7) is 6.64. The van der Waals surface area contributed by atoms with Crippen LogP contribution in [0.25, 0.3) is 0 Å². The molecule has 3 unspecified atom stereocenters. The van der Waals surface area contributed by atoms with E-state index in [-0.39, 0.29) is 5.41 Å². The molecule has 96 valence electrons. The third kappa shape index (κ3) is 1.49. The molecule has 17 heavy (non-hydrogen) atoms. The first-order valence-corrected chi connectivity index (χ1v) is 7.04. The number of carboxylic acids is 1. The summed E-state index contributed by atoms with van der Waals surface area (Å²) in [5.74, 6) is 1.55. The highest BCUT2D eigenvalue weighted by Crippen LogP contribution is 2.66. The van der Waals surface area contributed by atoms with Crippen LogP contribution >= 0.6 is 0 Å². The topological polar surface area (TPSA) is 40.1 Å². The maximum Gasteiger partial charge on any atom is 0.0479 e. The number of rotatable bonds is 1. The van der Waals surface area contributed by atoms with E-state index in [1.807, 2.05) is 0 Å². The summed E-state index contributed by atoms with van der Waals surface area (Å²) >= 11 is 0. The second kappa shape index (κ2) is 3.27. The van der Waals surface area contributed by atoms with Crippen molar-refractivity contribution >= 4 is 5.97 Å². The van der Waals surface area contributed by atoms with Crippen LogP contribution in [0.5, 0.6) is 0 Å². The predicted molar refractivity (Wildman–Crippen MR) is 63.9 cm³/mol. The first-order valence-electron chi connectivity index (χ1n) is 7.04. The molecule has 0 spiro atoms. The minimum atomic E-state index is -0.753. The number of carboxylic acid groups (broad SMARTS) is 1. The SMILES string of the molecule is CC(C)(C)C1C2CC3CC(C2)CC1(C(=O)[O-])C3. The molecule has 4 saturated carbocycles. The van der Waals surface area contributed by atoms with Crippen molar-refractivity contribution in [3.05, 3.63) is 0 Å². The van der Waals surface area contributed by atoms with Gasteiger partial charge < -0.3 is 9.90 Å². The third-order valence-corrected chi connectivity index (χ3v) is 5.65. The van der Waals surface area contributed by atoms with E-state index in [1.54, 1.807) is 0 Å². The molecule has 4 fully saturated rings. The van der Waals surface area contributed by atoms with Gasteiger partial charge in [0.15, 0.2) is 0 Å². The summed E-state index contributed by atoms with van der Waals surface area (Å²) in [4.78, 5) is 11.8. The van der Waals surface area contributed by atoms with Crippen LogP contribution < -0.4 is 5.11 Å². The summed E-state index contributed by atoms with van der Waals surface area (Å²) in [5, 5.41) is 11.8. The number of aliphatic carboxylic acids is 1. The molecule has 2 nitrogen and oxygen atoms in total. The molecular formula is C15H23O2-. The number of hydrogen-bond acceptors (Lipinski definition) is 2. The molecule has 2 heteroatoms. The molecule has 0 aromatic heterocycles. The summed E-state index contributed by atoms with van der Waals surface area (Å²) in [5.41, 5.74) is -0.398. The van der Waals surface area contributed by atoms with Gasteiger partial charge in [0.1, 0.15) is 0 Å². The lowest BCUT2D eigenvalue weighted by atomic mass is 9.41. The zero-order chi connectivity index (χ0) is 12.4. The molecule has 0 saturated heterocycles. The Bertz CT molecular complexity index is 338. The van der Waals surface area contributed by atoms with Crippen LogP contribution in [0.15, 0.2) is 0 Å². The predicted octanol–water partition coefficient (Wildman–Crippen LogP) is 2.22. The summed E-state index contributed by atoms with van der Waals surface area (Å²) in [6.07, 6.45) is 5.61. The molecule has 0 heterocycles. The standard InChI is InChI=1S/C15H24O2/c1-14(2,3)12-11-5-9-4-10(6-11)8-15(12,7-9)13(16)17/h9-12H,4-8H2,1-3H3,(H,16,17)/p-1. The fraction of sp³-hybridized carbons (Fsp3) is 0.933. The van der Waals surface area contributed by atoms with Crippen LogP contribution in [0.1, 0.15) is 52.9 Å². The van der Waals surface area contributed by atoms with E-state index in [2.05, 4.69) is 20.8 Å². The summed E-state index contributed by atoms with van der Waals surface area (Å²) in [7, 11) is 0. The highest BCUT2D eigenvalue weighted by Gasteiger charge is 2.60. The van der Waals surface area contributed by atoms with E-state index in [4.69, 9.17) is 0 Å². The third-order valence-electron chi connectivity index (χ3n) is 5.65. The largest absolute Gasteiger partial charge is 0.550 e. The number of carbonyl (C=O) groups is 1. The lowest BCUT2D eigenvalue weighted by Crippen LogP contribution is -2.62. The summed E-state index contributed by atoms with van der Waals surface area (Å²) < 4.78 is 0. The monoisotopic (exact) mass is 235 g/mol. The Hall–Kier alpha value is -0.530. The summed E-state index contributed by atoms with van der Waals surface area (Å²) in [6, 6.07) is 0. The lowest BCUT2D eigenvalue weighted by molar-refractivity contribution is -0.335. The molecule has 0 amide bonds. The smallest absolute Gasteiger partial charge is 0.0479 e. The van der Waals surface area contributed by atoms with Crippen molar-refractivity contribution < 1.29 is 9.90 Å². The molecule has 3 atom stereocenters. The zero-order valence-corrected chi connectivity index (χ0v) is 11.2. The molecular weight excluding hydrogens is 212 g/mol. The highest BCUT2D eigenvalue weighted by atomic mass is 16.4. The lowest BCUT2D eigenvalue weighted by Gasteiger charge is -2.65. The Labute approximate surface area is 104 Å². The van der Waals surface area contributed by atoms with Gasteiger partial charge in [-0.25, -0.2) is 0 Å². The van der Waals surface area contributed by atoms with Crippen molar-refractivity contribution in [3.63, 3.8) is 0 Å². The van der Waals surface area contributed by atoms with Crippen LogP contribution in [0, 0.1) is 34.5 Å². The molecule has 0 aromatic rings. The Morgan fingerprint density at radius 2 is 1.65 bits per heavy atom. The van der Waals surface area contributed by atoms with Crippen LogP contribution in [0.4, 0.5) is 0 Å². The van der Waals surface area contributed by atoms with E-state index in [0.29, 0.717) is 23.7 Å². The van der Waals surface area contributed by atoms with Crippen molar-refractivity contribution in [2.45, 2.75) is 52.9 Å². The van der Waals surface area contributed by atoms with Crippen LogP contribution in [-0.2, 0) is 4.79 Å². The van der Waals surface area contributed by atoms with Gasteiger partial charge in [0, 0.05) is 11.4 Å². The van der Waals surface area contributed by atoms with Crippen molar-refractivity contribution in [1.29, 1.82) is 0 Å². The van der Waals surface area contributed by atoms with Gasteiger partial charge >= 0.3 is 0 Å². The van der Waals surface area contributed by atoms with Gasteiger partial charge in [-0.3, -0.25) is 0 Å². The first-order chi connectivity index (χ1) is 7.83. The van der Waals surface area contributed by atoms with Gasteiger partial charge in [-0.15, -0.1) is 0 Å². The van der Waals surface area contributed by atoms with Crippen molar-refractivity contribution in [3.8, 4) is 0 Å². The van der Waals surface area contributed by atoms with E-state index >= 15 is 0 Å². The average Bonchev–Trinajstić information content (AvgIpc) is 2.12. The maximum absolute atomic E-state index is 11.8. The molecule has 4 aliphatic rings. The highest BCUT2D eigenvalue weighted by molar-refractivity contribution is 5.74. The molecule has 0 aromatic carbocycles. The quantitative estimate of drug-likeness (QED) is 0.699. The maximum atomic E-state index is 11.8. The van der Waals surface area contributed by atoms with Crippen LogP contribution in [0.3, 0.4) is 0 Å². The number of hydrogen-bond donors (Lipinski definition) is 0. The van der Waals surface area contributed by atoms with Gasteiger partial charge in [-0.05, 0) is 61.2 Å². The average molecular weight is 235 g/mol. The minimum absolute atomic E-state index is 0.0953. The second-order valence-corrected chi connectivity index (χ2v) is 7.89. The fourth-order valence-corrected chi connectivity index (χ4v) is 5.87. The van der Waals surface area contributed by atoms with Crippen molar-refractivity contribution in [2.75, 3.05) is 0 Å². The minimum Gasteiger partial charge on any atom is -0.550 e. The van der Waals surface area contributed by atoms with Crippen molar-refractivity contribution in [1.82, 2.24) is 0 Å². The van der Waals surface area contributed by atoms with E-state index in [9.17, 15) is 9.90 Å².